The highest BCUT2D eigenvalue weighted by Crippen LogP contribution is 2.25. The average molecular weight is 220 g/mol. The summed E-state index contributed by atoms with van der Waals surface area (Å²) < 4.78 is 4.70. The number of amides is 1. The van der Waals surface area contributed by atoms with E-state index in [-0.39, 0.29) is 12.5 Å². The van der Waals surface area contributed by atoms with Gasteiger partial charge in [-0.1, -0.05) is 6.07 Å². The van der Waals surface area contributed by atoms with Gasteiger partial charge in [0.2, 0.25) is 12.0 Å². The lowest BCUT2D eigenvalue weighted by molar-refractivity contribution is -0.119. The van der Waals surface area contributed by atoms with E-state index in [4.69, 9.17) is 4.74 Å². The van der Waals surface area contributed by atoms with Gasteiger partial charge in [-0.15, -0.1) is 0 Å². The van der Waals surface area contributed by atoms with Crippen molar-refractivity contribution >= 4 is 23.4 Å². The van der Waals surface area contributed by atoms with Gasteiger partial charge in [-0.2, -0.15) is 4.99 Å². The number of benzene rings is 1. The Kier molecular flexibility index (Phi) is 4.39. The van der Waals surface area contributed by atoms with Crippen molar-refractivity contribution < 1.29 is 14.3 Å². The molecule has 0 unspecified atom stereocenters. The number of hydrogen-bond donors (Lipinski definition) is 1. The number of rotatable bonds is 4. The van der Waals surface area contributed by atoms with E-state index >= 15 is 0 Å². The van der Waals surface area contributed by atoms with Crippen molar-refractivity contribution in [2.75, 3.05) is 19.0 Å². The molecule has 0 radical (unpaired) electrons. The molecule has 0 aliphatic rings. The lowest BCUT2D eigenvalue weighted by Gasteiger charge is -2.08. The number of hydrogen-bond acceptors (Lipinski definition) is 4. The molecule has 5 heteroatoms. The number of carbonyl (C=O) groups is 1. The second-order valence-electron chi connectivity index (χ2n) is 3.13. The van der Waals surface area contributed by atoms with Gasteiger partial charge in [-0.25, -0.2) is 4.79 Å². The maximum absolute atomic E-state index is 11.3. The van der Waals surface area contributed by atoms with Crippen LogP contribution in [0.25, 0.3) is 0 Å². The fourth-order valence-corrected chi connectivity index (χ4v) is 1.25. The summed E-state index contributed by atoms with van der Waals surface area (Å²) in [5.41, 5.74) is 1.82. The third-order valence-electron chi connectivity index (χ3n) is 2.02. The van der Waals surface area contributed by atoms with Gasteiger partial charge >= 0.3 is 0 Å². The summed E-state index contributed by atoms with van der Waals surface area (Å²) >= 11 is 0. The SMILES string of the molecule is COCC(=O)Nc1cccc(N=C=O)c1C. The van der Waals surface area contributed by atoms with Crippen molar-refractivity contribution in [3.8, 4) is 0 Å². The number of nitrogens with zero attached hydrogens (tertiary/aromatic N) is 1. The number of anilines is 1. The Morgan fingerprint density at radius 3 is 2.94 bits per heavy atom. The van der Waals surface area contributed by atoms with Gasteiger partial charge in [0, 0.05) is 12.8 Å². The van der Waals surface area contributed by atoms with Crippen LogP contribution in [0.3, 0.4) is 0 Å². The normalized spacial score (nSPS) is 9.38. The average Bonchev–Trinajstić information content (AvgIpc) is 2.24. The predicted molar refractivity (Wildman–Crippen MR) is 59.5 cm³/mol. The molecule has 1 rings (SSSR count). The molecular weight excluding hydrogens is 208 g/mol. The quantitative estimate of drug-likeness (QED) is 0.618. The van der Waals surface area contributed by atoms with Crippen molar-refractivity contribution in [1.29, 1.82) is 0 Å². The molecule has 0 aromatic heterocycles. The van der Waals surface area contributed by atoms with E-state index in [2.05, 4.69) is 10.3 Å². The highest BCUT2D eigenvalue weighted by atomic mass is 16.5. The molecule has 16 heavy (non-hydrogen) atoms. The van der Waals surface area contributed by atoms with Gasteiger partial charge in [-0.05, 0) is 24.6 Å². The zero-order valence-electron chi connectivity index (χ0n) is 9.11. The van der Waals surface area contributed by atoms with E-state index in [1.165, 1.54) is 13.2 Å². The largest absolute Gasteiger partial charge is 0.375 e. The van der Waals surface area contributed by atoms with Crippen molar-refractivity contribution in [1.82, 2.24) is 0 Å². The number of aliphatic imine (C=N–C) groups is 1. The number of isocyanates is 1. The minimum Gasteiger partial charge on any atom is -0.375 e. The Hall–Kier alpha value is -1.97. The molecule has 0 bridgehead atoms. The van der Waals surface area contributed by atoms with Gasteiger partial charge in [-0.3, -0.25) is 4.79 Å². The number of methoxy groups -OCH3 is 1. The summed E-state index contributed by atoms with van der Waals surface area (Å²) in [5.74, 6) is -0.252. The molecule has 1 amide bonds. The zero-order valence-corrected chi connectivity index (χ0v) is 9.11. The second-order valence-corrected chi connectivity index (χ2v) is 3.13. The third kappa shape index (κ3) is 3.02. The van der Waals surface area contributed by atoms with E-state index in [0.717, 1.165) is 5.56 Å². The first-order valence-electron chi connectivity index (χ1n) is 4.65. The van der Waals surface area contributed by atoms with Crippen LogP contribution in [0.1, 0.15) is 5.56 Å². The number of nitrogens with one attached hydrogen (secondary N) is 1. The van der Waals surface area contributed by atoms with Crippen molar-refractivity contribution in [2.45, 2.75) is 6.92 Å². The summed E-state index contributed by atoms with van der Waals surface area (Å²) in [6, 6.07) is 5.10. The molecule has 1 aromatic rings. The van der Waals surface area contributed by atoms with Crippen molar-refractivity contribution in [2.24, 2.45) is 4.99 Å². The van der Waals surface area contributed by atoms with Crippen LogP contribution in [-0.2, 0) is 14.3 Å². The summed E-state index contributed by atoms with van der Waals surface area (Å²) in [4.78, 5) is 25.0. The first kappa shape index (κ1) is 12.1. The molecule has 0 aliphatic carbocycles. The Balaban J connectivity index is 2.92. The molecule has 1 N–H and O–H groups in total. The summed E-state index contributed by atoms with van der Waals surface area (Å²) in [6.45, 7) is 1.75. The standard InChI is InChI=1S/C11H12N2O3/c1-8-9(12-7-14)4-3-5-10(8)13-11(15)6-16-2/h3-5H,6H2,1-2H3,(H,13,15). The Labute approximate surface area is 93.1 Å². The van der Waals surface area contributed by atoms with Crippen LogP contribution >= 0.6 is 0 Å². The van der Waals surface area contributed by atoms with Crippen LogP contribution in [0.4, 0.5) is 11.4 Å². The van der Waals surface area contributed by atoms with Crippen LogP contribution in [0.2, 0.25) is 0 Å². The van der Waals surface area contributed by atoms with E-state index in [1.54, 1.807) is 25.1 Å². The maximum atomic E-state index is 11.3. The lowest BCUT2D eigenvalue weighted by Crippen LogP contribution is -2.17. The van der Waals surface area contributed by atoms with Gasteiger partial charge < -0.3 is 10.1 Å². The molecular formula is C11H12N2O3. The zero-order chi connectivity index (χ0) is 12.0. The minimum atomic E-state index is -0.252. The maximum Gasteiger partial charge on any atom is 0.250 e. The molecule has 84 valence electrons. The first-order valence-corrected chi connectivity index (χ1v) is 4.65. The number of carbonyl (C=O) groups excluding carboxylic acids is 2. The minimum absolute atomic E-state index is 0.0133. The molecule has 0 spiro atoms. The fraction of sp³-hybridized carbons (Fsp3) is 0.273. The first-order chi connectivity index (χ1) is 7.69. The van der Waals surface area contributed by atoms with Crippen LogP contribution in [-0.4, -0.2) is 25.7 Å². The smallest absolute Gasteiger partial charge is 0.250 e. The Morgan fingerprint density at radius 2 is 2.31 bits per heavy atom. The van der Waals surface area contributed by atoms with Gasteiger partial charge in [0.05, 0.1) is 5.69 Å². The van der Waals surface area contributed by atoms with Gasteiger partial charge in [0.15, 0.2) is 0 Å². The Morgan fingerprint density at radius 1 is 1.56 bits per heavy atom. The molecule has 5 nitrogen and oxygen atoms in total. The molecule has 0 saturated heterocycles. The summed E-state index contributed by atoms with van der Waals surface area (Å²) in [6.07, 6.45) is 1.47. The van der Waals surface area contributed by atoms with Crippen LogP contribution in [0.15, 0.2) is 23.2 Å². The summed E-state index contributed by atoms with van der Waals surface area (Å²) in [5, 5.41) is 2.66. The lowest BCUT2D eigenvalue weighted by atomic mass is 10.1. The molecule has 0 saturated carbocycles. The van der Waals surface area contributed by atoms with E-state index < -0.39 is 0 Å². The van der Waals surface area contributed by atoms with Crippen molar-refractivity contribution in [3.63, 3.8) is 0 Å². The van der Waals surface area contributed by atoms with E-state index in [0.29, 0.717) is 11.4 Å². The van der Waals surface area contributed by atoms with Crippen LogP contribution < -0.4 is 5.32 Å². The fourth-order valence-electron chi connectivity index (χ4n) is 1.25. The van der Waals surface area contributed by atoms with E-state index in [9.17, 15) is 9.59 Å². The molecule has 0 fully saturated rings. The predicted octanol–water partition coefficient (Wildman–Crippen LogP) is 1.55. The van der Waals surface area contributed by atoms with Gasteiger partial charge in [0.25, 0.3) is 0 Å². The highest BCUT2D eigenvalue weighted by Gasteiger charge is 2.06. The Bertz CT molecular complexity index is 437. The van der Waals surface area contributed by atoms with Crippen LogP contribution in [0, 0.1) is 6.92 Å². The van der Waals surface area contributed by atoms with E-state index in [1.807, 2.05) is 0 Å². The second kappa shape index (κ2) is 5.80. The van der Waals surface area contributed by atoms with Gasteiger partial charge in [0.1, 0.15) is 6.61 Å². The highest BCUT2D eigenvalue weighted by molar-refractivity contribution is 5.93. The molecule has 0 aliphatic heterocycles. The topological polar surface area (TPSA) is 67.8 Å². The molecule has 0 atom stereocenters. The summed E-state index contributed by atoms with van der Waals surface area (Å²) in [7, 11) is 1.44. The monoisotopic (exact) mass is 220 g/mol. The van der Waals surface area contributed by atoms with Crippen LogP contribution in [0.5, 0.6) is 0 Å². The molecule has 0 heterocycles. The third-order valence-corrected chi connectivity index (χ3v) is 2.02. The molecule has 1 aromatic carbocycles. The van der Waals surface area contributed by atoms with Crippen molar-refractivity contribution in [3.05, 3.63) is 23.8 Å². The number of ether oxygens (including phenoxy) is 1.